The van der Waals surface area contributed by atoms with Crippen LogP contribution in [-0.2, 0) is 0 Å². The Morgan fingerprint density at radius 2 is 1.80 bits per heavy atom. The quantitative estimate of drug-likeness (QED) is 0.695. The number of aromatic nitrogens is 1. The average molecular weight is 219 g/mol. The Hall–Kier alpha value is -0.890. The fourth-order valence-electron chi connectivity index (χ4n) is 1.74. The Morgan fingerprint density at radius 1 is 1.13 bits per heavy atom. The normalized spacial score (nSPS) is 11.6. The van der Waals surface area contributed by atoms with Gasteiger partial charge in [-0.3, -0.25) is 4.98 Å². The highest BCUT2D eigenvalue weighted by Gasteiger charge is 2.11. The van der Waals surface area contributed by atoms with Crippen LogP contribution in [0.1, 0.15) is 41.5 Å². The third kappa shape index (κ3) is 1.67. The lowest BCUT2D eigenvalue weighted by molar-refractivity contribution is 0.890. The molecular formula is C13H17NS. The summed E-state index contributed by atoms with van der Waals surface area (Å²) in [5.41, 5.74) is 5.06. The molecule has 0 aliphatic heterocycles. The molecule has 0 radical (unpaired) electrons. The van der Waals surface area contributed by atoms with Gasteiger partial charge in [-0.1, -0.05) is 13.8 Å². The van der Waals surface area contributed by atoms with Crippen molar-refractivity contribution in [2.75, 3.05) is 0 Å². The van der Waals surface area contributed by atoms with Crippen LogP contribution in [-0.4, -0.2) is 4.98 Å². The third-order valence-electron chi connectivity index (χ3n) is 3.03. The zero-order valence-corrected chi connectivity index (χ0v) is 10.8. The van der Waals surface area contributed by atoms with Crippen LogP contribution in [0.25, 0.3) is 10.2 Å². The van der Waals surface area contributed by atoms with Crippen molar-refractivity contribution in [1.82, 2.24) is 4.98 Å². The van der Waals surface area contributed by atoms with Crippen molar-refractivity contribution in [3.8, 4) is 0 Å². The first-order valence-electron chi connectivity index (χ1n) is 5.38. The summed E-state index contributed by atoms with van der Waals surface area (Å²) in [6.45, 7) is 10.9. The SMILES string of the molecule is Cc1nc2cc(C(C)C)sc2c(C)c1C. The molecule has 2 rings (SSSR count). The molecule has 0 atom stereocenters. The summed E-state index contributed by atoms with van der Waals surface area (Å²) in [5, 5.41) is 0. The minimum absolute atomic E-state index is 0.601. The summed E-state index contributed by atoms with van der Waals surface area (Å²) < 4.78 is 1.36. The second kappa shape index (κ2) is 3.60. The maximum Gasteiger partial charge on any atom is 0.0818 e. The zero-order valence-electron chi connectivity index (χ0n) is 10.0. The molecule has 0 N–H and O–H groups in total. The number of hydrogen-bond acceptors (Lipinski definition) is 2. The fourth-order valence-corrected chi connectivity index (χ4v) is 2.90. The van der Waals surface area contributed by atoms with Gasteiger partial charge in [0.15, 0.2) is 0 Å². The minimum atomic E-state index is 0.601. The van der Waals surface area contributed by atoms with Crippen molar-refractivity contribution in [2.45, 2.75) is 40.5 Å². The van der Waals surface area contributed by atoms with Crippen molar-refractivity contribution in [3.63, 3.8) is 0 Å². The van der Waals surface area contributed by atoms with E-state index in [0.29, 0.717) is 5.92 Å². The molecule has 2 heterocycles. The number of nitrogens with zero attached hydrogens (tertiary/aromatic N) is 1. The van der Waals surface area contributed by atoms with Gasteiger partial charge in [0.2, 0.25) is 0 Å². The van der Waals surface area contributed by atoms with Crippen LogP contribution in [0.2, 0.25) is 0 Å². The lowest BCUT2D eigenvalue weighted by Gasteiger charge is -2.03. The van der Waals surface area contributed by atoms with E-state index in [4.69, 9.17) is 0 Å². The molecule has 0 amide bonds. The van der Waals surface area contributed by atoms with E-state index in [1.807, 2.05) is 11.3 Å². The maximum atomic E-state index is 4.65. The third-order valence-corrected chi connectivity index (χ3v) is 4.58. The summed E-state index contributed by atoms with van der Waals surface area (Å²) in [7, 11) is 0. The van der Waals surface area contributed by atoms with E-state index in [1.165, 1.54) is 26.2 Å². The summed E-state index contributed by atoms with van der Waals surface area (Å²) in [6.07, 6.45) is 0. The molecular weight excluding hydrogens is 202 g/mol. The molecule has 0 saturated heterocycles. The lowest BCUT2D eigenvalue weighted by Crippen LogP contribution is -1.90. The fraction of sp³-hybridized carbons (Fsp3) is 0.462. The molecule has 0 aromatic carbocycles. The number of aryl methyl sites for hydroxylation is 2. The highest BCUT2D eigenvalue weighted by molar-refractivity contribution is 7.19. The number of thiophene rings is 1. The number of rotatable bonds is 1. The van der Waals surface area contributed by atoms with Crippen molar-refractivity contribution in [1.29, 1.82) is 0 Å². The second-order valence-corrected chi connectivity index (χ2v) is 5.55. The second-order valence-electron chi connectivity index (χ2n) is 4.47. The van der Waals surface area contributed by atoms with Crippen LogP contribution < -0.4 is 0 Å². The molecule has 0 saturated carbocycles. The molecule has 0 fully saturated rings. The van der Waals surface area contributed by atoms with Crippen molar-refractivity contribution in [3.05, 3.63) is 27.8 Å². The Morgan fingerprint density at radius 3 is 2.40 bits per heavy atom. The van der Waals surface area contributed by atoms with Crippen molar-refractivity contribution < 1.29 is 0 Å². The Bertz CT molecular complexity index is 509. The largest absolute Gasteiger partial charge is 0.252 e. The topological polar surface area (TPSA) is 12.9 Å². The molecule has 1 nitrogen and oxygen atoms in total. The zero-order chi connectivity index (χ0) is 11.2. The molecule has 80 valence electrons. The molecule has 0 bridgehead atoms. The highest BCUT2D eigenvalue weighted by atomic mass is 32.1. The first-order chi connectivity index (χ1) is 7.00. The lowest BCUT2D eigenvalue weighted by atomic mass is 10.1. The Kier molecular flexibility index (Phi) is 2.55. The molecule has 15 heavy (non-hydrogen) atoms. The van der Waals surface area contributed by atoms with Gasteiger partial charge in [-0.2, -0.15) is 0 Å². The molecule has 2 heteroatoms. The van der Waals surface area contributed by atoms with Crippen LogP contribution in [0.3, 0.4) is 0 Å². The van der Waals surface area contributed by atoms with Crippen LogP contribution in [0.5, 0.6) is 0 Å². The van der Waals surface area contributed by atoms with Gasteiger partial charge < -0.3 is 0 Å². The van der Waals surface area contributed by atoms with Crippen LogP contribution in [0.15, 0.2) is 6.07 Å². The van der Waals surface area contributed by atoms with Crippen LogP contribution >= 0.6 is 11.3 Å². The Labute approximate surface area is 95.2 Å². The summed E-state index contributed by atoms with van der Waals surface area (Å²) in [6, 6.07) is 2.24. The summed E-state index contributed by atoms with van der Waals surface area (Å²) in [5.74, 6) is 0.601. The number of hydrogen-bond donors (Lipinski definition) is 0. The van der Waals surface area contributed by atoms with E-state index < -0.39 is 0 Å². The monoisotopic (exact) mass is 219 g/mol. The average Bonchev–Trinajstić information content (AvgIpc) is 2.58. The molecule has 0 unspecified atom stereocenters. The van der Waals surface area contributed by atoms with E-state index in [9.17, 15) is 0 Å². The maximum absolute atomic E-state index is 4.65. The molecule has 0 spiro atoms. The van der Waals surface area contributed by atoms with Crippen molar-refractivity contribution >= 4 is 21.6 Å². The van der Waals surface area contributed by atoms with Gasteiger partial charge in [-0.15, -0.1) is 11.3 Å². The van der Waals surface area contributed by atoms with E-state index in [0.717, 1.165) is 5.69 Å². The van der Waals surface area contributed by atoms with Gasteiger partial charge in [0.25, 0.3) is 0 Å². The van der Waals surface area contributed by atoms with Crippen LogP contribution in [0.4, 0.5) is 0 Å². The van der Waals surface area contributed by atoms with Crippen LogP contribution in [0, 0.1) is 20.8 Å². The van der Waals surface area contributed by atoms with E-state index in [2.05, 4.69) is 45.7 Å². The number of fused-ring (bicyclic) bond motifs is 1. The van der Waals surface area contributed by atoms with E-state index in [1.54, 1.807) is 0 Å². The highest BCUT2D eigenvalue weighted by Crippen LogP contribution is 2.33. The molecule has 2 aromatic rings. The van der Waals surface area contributed by atoms with Gasteiger partial charge in [0.1, 0.15) is 0 Å². The number of pyridine rings is 1. The summed E-state index contributed by atoms with van der Waals surface area (Å²) >= 11 is 1.89. The smallest absolute Gasteiger partial charge is 0.0818 e. The van der Waals surface area contributed by atoms with E-state index in [-0.39, 0.29) is 0 Å². The van der Waals surface area contributed by atoms with Gasteiger partial charge in [-0.05, 0) is 43.9 Å². The van der Waals surface area contributed by atoms with Gasteiger partial charge in [0, 0.05) is 10.6 Å². The van der Waals surface area contributed by atoms with Crippen molar-refractivity contribution in [2.24, 2.45) is 0 Å². The summed E-state index contributed by atoms with van der Waals surface area (Å²) in [4.78, 5) is 6.09. The van der Waals surface area contributed by atoms with Gasteiger partial charge in [0.05, 0.1) is 10.2 Å². The molecule has 2 aromatic heterocycles. The first-order valence-corrected chi connectivity index (χ1v) is 6.19. The predicted molar refractivity (Wildman–Crippen MR) is 67.9 cm³/mol. The molecule has 0 aliphatic rings. The first kappa shape index (κ1) is 10.6. The van der Waals surface area contributed by atoms with E-state index >= 15 is 0 Å². The standard InChI is InChI=1S/C13H17NS/c1-7(2)12-6-11-13(15-12)9(4)8(3)10(5)14-11/h6-7H,1-5H3. The molecule has 0 aliphatic carbocycles. The minimum Gasteiger partial charge on any atom is -0.252 e. The van der Waals surface area contributed by atoms with Gasteiger partial charge in [-0.25, -0.2) is 0 Å². The van der Waals surface area contributed by atoms with Gasteiger partial charge >= 0.3 is 0 Å². The predicted octanol–water partition coefficient (Wildman–Crippen LogP) is 4.34. The Balaban J connectivity index is 2.76.